The van der Waals surface area contributed by atoms with Crippen LogP contribution >= 0.6 is 0 Å². The maximum Gasteiger partial charge on any atom is 0.416 e. The van der Waals surface area contributed by atoms with E-state index < -0.39 is 11.7 Å². The van der Waals surface area contributed by atoms with E-state index in [4.69, 9.17) is 4.52 Å². The van der Waals surface area contributed by atoms with Crippen molar-refractivity contribution in [2.24, 2.45) is 0 Å². The summed E-state index contributed by atoms with van der Waals surface area (Å²) < 4.78 is 43.3. The highest BCUT2D eigenvalue weighted by molar-refractivity contribution is 5.80. The molecule has 0 radical (unpaired) electrons. The Hall–Kier alpha value is -3.16. The van der Waals surface area contributed by atoms with Gasteiger partial charge in [0.1, 0.15) is 0 Å². The Morgan fingerprint density at radius 3 is 2.45 bits per heavy atom. The molecule has 2 aromatic carbocycles. The number of benzene rings is 2. The number of aromatic nitrogens is 2. The van der Waals surface area contributed by atoms with Gasteiger partial charge in [-0.1, -0.05) is 35.5 Å². The van der Waals surface area contributed by atoms with E-state index in [0.29, 0.717) is 17.9 Å². The van der Waals surface area contributed by atoms with Gasteiger partial charge in [0.15, 0.2) is 5.82 Å². The fourth-order valence-corrected chi connectivity index (χ4v) is 3.51. The zero-order valence-electron chi connectivity index (χ0n) is 15.6. The van der Waals surface area contributed by atoms with E-state index >= 15 is 0 Å². The van der Waals surface area contributed by atoms with E-state index in [1.165, 1.54) is 12.1 Å². The Morgan fingerprint density at radius 1 is 1.10 bits per heavy atom. The first kappa shape index (κ1) is 19.2. The minimum atomic E-state index is -4.40. The summed E-state index contributed by atoms with van der Waals surface area (Å²) in [5.41, 5.74) is 0.698. The molecule has 3 aromatic rings. The van der Waals surface area contributed by atoms with Gasteiger partial charge in [0.05, 0.1) is 11.6 Å². The first-order chi connectivity index (χ1) is 13.8. The van der Waals surface area contributed by atoms with E-state index in [9.17, 15) is 18.0 Å². The zero-order valence-corrected chi connectivity index (χ0v) is 15.6. The quantitative estimate of drug-likeness (QED) is 0.628. The van der Waals surface area contributed by atoms with Crippen molar-refractivity contribution < 1.29 is 22.5 Å². The van der Waals surface area contributed by atoms with Crippen molar-refractivity contribution in [3.05, 3.63) is 71.5 Å². The molecule has 0 bridgehead atoms. The molecule has 1 amide bonds. The predicted octanol–water partition coefficient (Wildman–Crippen LogP) is 4.83. The molecule has 0 N–H and O–H groups in total. The fourth-order valence-electron chi connectivity index (χ4n) is 3.51. The number of amides is 1. The van der Waals surface area contributed by atoms with Gasteiger partial charge in [-0.15, -0.1) is 0 Å². The van der Waals surface area contributed by atoms with Gasteiger partial charge in [-0.2, -0.15) is 18.2 Å². The SMILES string of the molecule is CC(c1ccccc1)N1CC(c2noc(-c3ccc(C(F)(F)F)cc3)n2)CC1=O. The van der Waals surface area contributed by atoms with Gasteiger partial charge < -0.3 is 9.42 Å². The van der Waals surface area contributed by atoms with Crippen LogP contribution in [0.3, 0.4) is 0 Å². The summed E-state index contributed by atoms with van der Waals surface area (Å²) in [5, 5.41) is 3.96. The van der Waals surface area contributed by atoms with Gasteiger partial charge in [0.2, 0.25) is 5.91 Å². The van der Waals surface area contributed by atoms with Crippen molar-refractivity contribution in [3.63, 3.8) is 0 Å². The minimum absolute atomic E-state index is 0.00670. The smallest absolute Gasteiger partial charge is 0.335 e. The number of carbonyl (C=O) groups excluding carboxylic acids is 1. The van der Waals surface area contributed by atoms with Gasteiger partial charge in [0, 0.05) is 24.4 Å². The second kappa shape index (κ2) is 7.35. The molecule has 2 unspecified atom stereocenters. The molecule has 1 saturated heterocycles. The third kappa shape index (κ3) is 3.87. The number of hydrogen-bond donors (Lipinski definition) is 0. The molecule has 2 heterocycles. The zero-order chi connectivity index (χ0) is 20.6. The topological polar surface area (TPSA) is 59.2 Å². The molecular formula is C21H18F3N3O2. The summed E-state index contributed by atoms with van der Waals surface area (Å²) in [5.74, 6) is 0.305. The van der Waals surface area contributed by atoms with Crippen molar-refractivity contribution in [2.45, 2.75) is 31.5 Å². The second-order valence-corrected chi connectivity index (χ2v) is 7.07. The average molecular weight is 401 g/mol. The number of carbonyl (C=O) groups is 1. The highest BCUT2D eigenvalue weighted by Crippen LogP contribution is 2.34. The molecular weight excluding hydrogens is 383 g/mol. The van der Waals surface area contributed by atoms with Crippen LogP contribution in [0.5, 0.6) is 0 Å². The van der Waals surface area contributed by atoms with E-state index in [1.807, 2.05) is 37.3 Å². The van der Waals surface area contributed by atoms with Crippen molar-refractivity contribution in [1.29, 1.82) is 0 Å². The standard InChI is InChI=1S/C21H18F3N3O2/c1-13(14-5-3-2-4-6-14)27-12-16(11-18(27)28)19-25-20(29-26-19)15-7-9-17(10-8-15)21(22,23)24/h2-10,13,16H,11-12H2,1H3. The molecule has 0 saturated carbocycles. The number of likely N-dealkylation sites (tertiary alicyclic amines) is 1. The highest BCUT2D eigenvalue weighted by Gasteiger charge is 2.36. The molecule has 4 rings (SSSR count). The molecule has 0 aliphatic carbocycles. The van der Waals surface area contributed by atoms with Crippen molar-refractivity contribution in [2.75, 3.05) is 6.54 Å². The summed E-state index contributed by atoms with van der Waals surface area (Å²) >= 11 is 0. The summed E-state index contributed by atoms with van der Waals surface area (Å²) in [6, 6.07) is 14.2. The Labute approximate surface area is 165 Å². The minimum Gasteiger partial charge on any atom is -0.335 e. The highest BCUT2D eigenvalue weighted by atomic mass is 19.4. The first-order valence-electron chi connectivity index (χ1n) is 9.18. The number of alkyl halides is 3. The maximum absolute atomic E-state index is 12.7. The molecule has 5 nitrogen and oxygen atoms in total. The molecule has 1 aliphatic heterocycles. The monoisotopic (exact) mass is 401 g/mol. The van der Waals surface area contributed by atoms with Crippen LogP contribution in [0.15, 0.2) is 59.1 Å². The molecule has 1 aliphatic rings. The molecule has 1 fully saturated rings. The van der Waals surface area contributed by atoms with Crippen molar-refractivity contribution >= 4 is 5.91 Å². The Bertz CT molecular complexity index is 1000. The molecule has 0 spiro atoms. The van der Waals surface area contributed by atoms with Gasteiger partial charge in [-0.25, -0.2) is 0 Å². The summed E-state index contributed by atoms with van der Waals surface area (Å²) in [7, 11) is 0. The number of rotatable bonds is 4. The van der Waals surface area contributed by atoms with Crippen molar-refractivity contribution in [3.8, 4) is 11.5 Å². The normalized spacial score (nSPS) is 18.3. The maximum atomic E-state index is 12.7. The van der Waals surface area contributed by atoms with E-state index in [-0.39, 0.29) is 30.2 Å². The largest absolute Gasteiger partial charge is 0.416 e. The van der Waals surface area contributed by atoms with Crippen LogP contribution in [-0.2, 0) is 11.0 Å². The van der Waals surface area contributed by atoms with Gasteiger partial charge in [-0.3, -0.25) is 4.79 Å². The summed E-state index contributed by atoms with van der Waals surface area (Å²) in [4.78, 5) is 18.6. The van der Waals surface area contributed by atoms with Crippen LogP contribution in [0.2, 0.25) is 0 Å². The van der Waals surface area contributed by atoms with E-state index in [2.05, 4.69) is 10.1 Å². The van der Waals surface area contributed by atoms with Crippen LogP contribution in [0, 0.1) is 0 Å². The third-order valence-electron chi connectivity index (χ3n) is 5.17. The van der Waals surface area contributed by atoms with E-state index in [0.717, 1.165) is 17.7 Å². The molecule has 150 valence electrons. The lowest BCUT2D eigenvalue weighted by molar-refractivity contribution is -0.137. The Balaban J connectivity index is 1.49. The van der Waals surface area contributed by atoms with Crippen LogP contribution in [0.25, 0.3) is 11.5 Å². The number of nitrogens with zero attached hydrogens (tertiary/aromatic N) is 3. The molecule has 8 heteroatoms. The van der Waals surface area contributed by atoms with Gasteiger partial charge in [-0.05, 0) is 36.8 Å². The van der Waals surface area contributed by atoms with Gasteiger partial charge >= 0.3 is 6.18 Å². The molecule has 2 atom stereocenters. The van der Waals surface area contributed by atoms with Crippen molar-refractivity contribution in [1.82, 2.24) is 15.0 Å². The Morgan fingerprint density at radius 2 is 1.79 bits per heavy atom. The summed E-state index contributed by atoms with van der Waals surface area (Å²) in [6.45, 7) is 2.43. The fraction of sp³-hybridized carbons (Fsp3) is 0.286. The first-order valence-corrected chi connectivity index (χ1v) is 9.18. The molecule has 29 heavy (non-hydrogen) atoms. The van der Waals surface area contributed by atoms with Crippen LogP contribution in [-0.4, -0.2) is 27.5 Å². The third-order valence-corrected chi connectivity index (χ3v) is 5.17. The lowest BCUT2D eigenvalue weighted by Gasteiger charge is -2.25. The van der Waals surface area contributed by atoms with Gasteiger partial charge in [0.25, 0.3) is 5.89 Å². The predicted molar refractivity (Wildman–Crippen MR) is 98.7 cm³/mol. The Kier molecular flexibility index (Phi) is 4.86. The lowest BCUT2D eigenvalue weighted by Crippen LogP contribution is -2.28. The molecule has 1 aromatic heterocycles. The average Bonchev–Trinajstić information content (AvgIpc) is 3.34. The van der Waals surface area contributed by atoms with Crippen LogP contribution < -0.4 is 0 Å². The number of hydrogen-bond acceptors (Lipinski definition) is 4. The number of halogens is 3. The van der Waals surface area contributed by atoms with E-state index in [1.54, 1.807) is 4.90 Å². The van der Waals surface area contributed by atoms with Crippen LogP contribution in [0.4, 0.5) is 13.2 Å². The summed E-state index contributed by atoms with van der Waals surface area (Å²) in [6.07, 6.45) is -4.13. The second-order valence-electron chi connectivity index (χ2n) is 7.07. The lowest BCUT2D eigenvalue weighted by atomic mass is 10.1. The van der Waals surface area contributed by atoms with Crippen LogP contribution in [0.1, 0.15) is 42.3 Å².